The maximum atomic E-state index is 11.8. The maximum absolute atomic E-state index is 11.8. The van der Waals surface area contributed by atoms with E-state index in [0.717, 1.165) is 38.0 Å². The molecule has 1 aromatic rings. The molecule has 0 bridgehead atoms. The standard InChI is InChI=1S/C13H23N5O2S/c1-11(2)18-10-15-16-13(18)21-9-12(19)14-3-4-17-5-7-20-8-6-17/h10-11H,3-9H2,1-2H3,(H,14,19). The van der Waals surface area contributed by atoms with Crippen molar-refractivity contribution in [1.29, 1.82) is 0 Å². The highest BCUT2D eigenvalue weighted by Crippen LogP contribution is 2.18. The second-order valence-electron chi connectivity index (χ2n) is 5.21. The molecule has 2 heterocycles. The maximum Gasteiger partial charge on any atom is 0.230 e. The van der Waals surface area contributed by atoms with Crippen molar-refractivity contribution in [3.8, 4) is 0 Å². The van der Waals surface area contributed by atoms with E-state index in [0.29, 0.717) is 18.3 Å². The van der Waals surface area contributed by atoms with E-state index in [4.69, 9.17) is 4.74 Å². The normalized spacial score (nSPS) is 16.3. The van der Waals surface area contributed by atoms with Gasteiger partial charge in [0.2, 0.25) is 5.91 Å². The van der Waals surface area contributed by atoms with E-state index in [2.05, 4.69) is 34.3 Å². The minimum atomic E-state index is 0.0339. The number of carbonyl (C=O) groups is 1. The smallest absolute Gasteiger partial charge is 0.230 e. The Morgan fingerprint density at radius 2 is 2.24 bits per heavy atom. The van der Waals surface area contributed by atoms with Crippen molar-refractivity contribution in [2.45, 2.75) is 25.0 Å². The molecule has 1 aliphatic heterocycles. The van der Waals surface area contributed by atoms with E-state index in [1.165, 1.54) is 11.8 Å². The summed E-state index contributed by atoms with van der Waals surface area (Å²) in [6.45, 7) is 9.15. The molecule has 1 amide bonds. The molecule has 1 N–H and O–H groups in total. The van der Waals surface area contributed by atoms with Crippen molar-refractivity contribution in [2.24, 2.45) is 0 Å². The Morgan fingerprint density at radius 3 is 2.95 bits per heavy atom. The molecular weight excluding hydrogens is 290 g/mol. The zero-order valence-corrected chi connectivity index (χ0v) is 13.4. The topological polar surface area (TPSA) is 72.3 Å². The second-order valence-corrected chi connectivity index (χ2v) is 6.15. The first-order valence-corrected chi connectivity index (χ1v) is 8.24. The molecule has 0 radical (unpaired) electrons. The van der Waals surface area contributed by atoms with Crippen LogP contribution in [0.5, 0.6) is 0 Å². The zero-order valence-electron chi connectivity index (χ0n) is 12.6. The van der Waals surface area contributed by atoms with Gasteiger partial charge in [-0.2, -0.15) is 0 Å². The zero-order chi connectivity index (χ0) is 15.1. The number of carbonyl (C=O) groups excluding carboxylic acids is 1. The molecule has 1 saturated heterocycles. The van der Waals surface area contributed by atoms with Crippen LogP contribution in [-0.4, -0.2) is 70.7 Å². The summed E-state index contributed by atoms with van der Waals surface area (Å²) in [7, 11) is 0. The van der Waals surface area contributed by atoms with Gasteiger partial charge in [-0.15, -0.1) is 10.2 Å². The average Bonchev–Trinajstić information content (AvgIpc) is 2.95. The summed E-state index contributed by atoms with van der Waals surface area (Å²) in [5, 5.41) is 11.7. The molecular formula is C13H23N5O2S. The highest BCUT2D eigenvalue weighted by Gasteiger charge is 2.12. The van der Waals surface area contributed by atoms with Gasteiger partial charge in [-0.25, -0.2) is 0 Å². The highest BCUT2D eigenvalue weighted by atomic mass is 32.2. The number of thioether (sulfide) groups is 1. The molecule has 0 unspecified atom stereocenters. The van der Waals surface area contributed by atoms with Crippen molar-refractivity contribution < 1.29 is 9.53 Å². The SMILES string of the molecule is CC(C)n1cnnc1SCC(=O)NCCN1CCOCC1. The Morgan fingerprint density at radius 1 is 1.48 bits per heavy atom. The van der Waals surface area contributed by atoms with Crippen molar-refractivity contribution in [3.63, 3.8) is 0 Å². The van der Waals surface area contributed by atoms with Crippen LogP contribution in [0.1, 0.15) is 19.9 Å². The average molecular weight is 313 g/mol. The van der Waals surface area contributed by atoms with Crippen LogP contribution in [0.2, 0.25) is 0 Å². The number of hydrogen-bond acceptors (Lipinski definition) is 6. The third-order valence-corrected chi connectivity index (χ3v) is 4.24. The van der Waals surface area contributed by atoms with E-state index >= 15 is 0 Å². The van der Waals surface area contributed by atoms with Gasteiger partial charge in [0.15, 0.2) is 5.16 Å². The fraction of sp³-hybridized carbons (Fsp3) is 0.769. The number of ether oxygens (including phenoxy) is 1. The van der Waals surface area contributed by atoms with Crippen molar-refractivity contribution >= 4 is 17.7 Å². The minimum absolute atomic E-state index is 0.0339. The predicted octanol–water partition coefficient (Wildman–Crippen LogP) is 0.400. The van der Waals surface area contributed by atoms with Crippen LogP contribution in [0, 0.1) is 0 Å². The van der Waals surface area contributed by atoms with Crippen molar-refractivity contribution in [3.05, 3.63) is 6.33 Å². The van der Waals surface area contributed by atoms with Gasteiger partial charge in [0.25, 0.3) is 0 Å². The summed E-state index contributed by atoms with van der Waals surface area (Å²) in [6.07, 6.45) is 1.70. The van der Waals surface area contributed by atoms with Gasteiger partial charge < -0.3 is 14.6 Å². The van der Waals surface area contributed by atoms with Gasteiger partial charge in [0, 0.05) is 32.2 Å². The molecule has 7 nitrogen and oxygen atoms in total. The highest BCUT2D eigenvalue weighted by molar-refractivity contribution is 7.99. The van der Waals surface area contributed by atoms with E-state index in [9.17, 15) is 4.79 Å². The lowest BCUT2D eigenvalue weighted by Gasteiger charge is -2.26. The van der Waals surface area contributed by atoms with Crippen LogP contribution in [0.4, 0.5) is 0 Å². The summed E-state index contributed by atoms with van der Waals surface area (Å²) in [6, 6.07) is 0.298. The van der Waals surface area contributed by atoms with E-state index < -0.39 is 0 Å². The number of nitrogens with zero attached hydrogens (tertiary/aromatic N) is 4. The van der Waals surface area contributed by atoms with Gasteiger partial charge in [-0.1, -0.05) is 11.8 Å². The molecule has 0 saturated carbocycles. The Kier molecular flexibility index (Phi) is 6.47. The number of aromatic nitrogens is 3. The third kappa shape index (κ3) is 5.29. The number of amides is 1. The van der Waals surface area contributed by atoms with Gasteiger partial charge in [-0.05, 0) is 13.8 Å². The molecule has 0 aromatic carbocycles. The summed E-state index contributed by atoms with van der Waals surface area (Å²) >= 11 is 1.42. The number of rotatable bonds is 7. The second kappa shape index (κ2) is 8.35. The van der Waals surface area contributed by atoms with E-state index in [1.54, 1.807) is 6.33 Å². The van der Waals surface area contributed by atoms with Crippen LogP contribution in [0.3, 0.4) is 0 Å². The monoisotopic (exact) mass is 313 g/mol. The van der Waals surface area contributed by atoms with Crippen molar-refractivity contribution in [2.75, 3.05) is 45.1 Å². The molecule has 21 heavy (non-hydrogen) atoms. The van der Waals surface area contributed by atoms with Crippen LogP contribution in [-0.2, 0) is 9.53 Å². The molecule has 2 rings (SSSR count). The van der Waals surface area contributed by atoms with Gasteiger partial charge in [0.05, 0.1) is 19.0 Å². The lowest BCUT2D eigenvalue weighted by molar-refractivity contribution is -0.118. The van der Waals surface area contributed by atoms with Crippen LogP contribution >= 0.6 is 11.8 Å². The lowest BCUT2D eigenvalue weighted by Crippen LogP contribution is -2.41. The molecule has 1 fully saturated rings. The molecule has 0 aliphatic carbocycles. The fourth-order valence-electron chi connectivity index (χ4n) is 2.05. The van der Waals surface area contributed by atoms with E-state index in [1.807, 2.05) is 4.57 Å². The Labute approximate surface area is 129 Å². The van der Waals surface area contributed by atoms with Gasteiger partial charge >= 0.3 is 0 Å². The third-order valence-electron chi connectivity index (χ3n) is 3.28. The number of hydrogen-bond donors (Lipinski definition) is 1. The lowest BCUT2D eigenvalue weighted by atomic mass is 10.4. The van der Waals surface area contributed by atoms with Crippen molar-refractivity contribution in [1.82, 2.24) is 25.0 Å². The molecule has 0 spiro atoms. The van der Waals surface area contributed by atoms with E-state index in [-0.39, 0.29) is 5.91 Å². The fourth-order valence-corrected chi connectivity index (χ4v) is 2.92. The number of nitrogens with one attached hydrogen (secondary N) is 1. The largest absolute Gasteiger partial charge is 0.379 e. The molecule has 8 heteroatoms. The molecule has 1 aromatic heterocycles. The molecule has 1 aliphatic rings. The quantitative estimate of drug-likeness (QED) is 0.735. The summed E-state index contributed by atoms with van der Waals surface area (Å²) in [5.74, 6) is 0.403. The van der Waals surface area contributed by atoms with Gasteiger partial charge in [-0.3, -0.25) is 9.69 Å². The predicted molar refractivity (Wildman–Crippen MR) is 81.4 cm³/mol. The minimum Gasteiger partial charge on any atom is -0.379 e. The Hall–Kier alpha value is -1.12. The number of morpholine rings is 1. The van der Waals surface area contributed by atoms with Crippen LogP contribution in [0.25, 0.3) is 0 Å². The first-order valence-electron chi connectivity index (χ1n) is 7.26. The Balaban J connectivity index is 1.64. The van der Waals surface area contributed by atoms with Gasteiger partial charge in [0.1, 0.15) is 6.33 Å². The first kappa shape index (κ1) is 16.3. The Bertz CT molecular complexity index is 446. The van der Waals surface area contributed by atoms with Crippen LogP contribution in [0.15, 0.2) is 11.5 Å². The molecule has 0 atom stereocenters. The first-order chi connectivity index (χ1) is 10.2. The summed E-state index contributed by atoms with van der Waals surface area (Å²) < 4.78 is 7.25. The molecule has 118 valence electrons. The summed E-state index contributed by atoms with van der Waals surface area (Å²) in [5.41, 5.74) is 0. The van der Waals surface area contributed by atoms with Crippen LogP contribution < -0.4 is 5.32 Å². The summed E-state index contributed by atoms with van der Waals surface area (Å²) in [4.78, 5) is 14.1.